The summed E-state index contributed by atoms with van der Waals surface area (Å²) in [5.41, 5.74) is 1.55. The lowest BCUT2D eigenvalue weighted by Crippen LogP contribution is -2.19. The van der Waals surface area contributed by atoms with Gasteiger partial charge in [-0.2, -0.15) is 0 Å². The number of sulfonamides is 1. The Morgan fingerprint density at radius 1 is 1.11 bits per heavy atom. The maximum absolute atomic E-state index is 12.4. The van der Waals surface area contributed by atoms with Crippen molar-refractivity contribution < 1.29 is 26.3 Å². The predicted octanol–water partition coefficient (Wildman–Crippen LogP) is 4.20. The summed E-state index contributed by atoms with van der Waals surface area (Å²) in [6.45, 7) is 5.20. The molecule has 2 aromatic rings. The van der Waals surface area contributed by atoms with E-state index in [4.69, 9.17) is 0 Å². The number of benzene rings is 2. The van der Waals surface area contributed by atoms with Crippen LogP contribution < -0.4 is 9.46 Å². The summed E-state index contributed by atoms with van der Waals surface area (Å²) >= 11 is 0. The Morgan fingerprint density at radius 3 is 2.29 bits per heavy atom. The summed E-state index contributed by atoms with van der Waals surface area (Å²) in [5.74, 6) is -0.0414. The minimum Gasteiger partial charge on any atom is -0.406 e. The van der Waals surface area contributed by atoms with Crippen molar-refractivity contribution in [2.45, 2.75) is 30.5 Å². The second-order valence-corrected chi connectivity index (χ2v) is 8.31. The fourth-order valence-electron chi connectivity index (χ4n) is 3.25. The van der Waals surface area contributed by atoms with Gasteiger partial charge in [-0.25, -0.2) is 8.42 Å². The molecule has 1 aliphatic heterocycles. The second-order valence-electron chi connectivity index (χ2n) is 6.63. The molecular weight excluding hydrogens is 393 g/mol. The largest absolute Gasteiger partial charge is 0.573 e. The molecule has 28 heavy (non-hydrogen) atoms. The lowest BCUT2D eigenvalue weighted by molar-refractivity contribution is -0.274. The molecule has 152 valence electrons. The van der Waals surface area contributed by atoms with Crippen LogP contribution in [0.1, 0.15) is 24.8 Å². The third kappa shape index (κ3) is 5.17. The molecule has 1 fully saturated rings. The number of alkyl halides is 3. The molecule has 1 aliphatic rings. The molecule has 1 heterocycles. The van der Waals surface area contributed by atoms with Crippen LogP contribution in [0.5, 0.6) is 5.75 Å². The lowest BCUT2D eigenvalue weighted by Gasteiger charge is -2.14. The first-order valence-corrected chi connectivity index (χ1v) is 10.4. The Hall–Kier alpha value is -2.26. The molecule has 0 aromatic heterocycles. The van der Waals surface area contributed by atoms with E-state index in [9.17, 15) is 21.6 Å². The highest BCUT2D eigenvalue weighted by Gasteiger charge is 2.31. The van der Waals surface area contributed by atoms with E-state index in [-0.39, 0.29) is 4.90 Å². The zero-order valence-electron chi connectivity index (χ0n) is 15.2. The maximum atomic E-state index is 12.4. The average molecular weight is 414 g/mol. The molecule has 0 spiro atoms. The first-order chi connectivity index (χ1) is 13.2. The smallest absolute Gasteiger partial charge is 0.406 e. The molecule has 0 aliphatic carbocycles. The fourth-order valence-corrected chi connectivity index (χ4v) is 4.31. The van der Waals surface area contributed by atoms with E-state index >= 15 is 0 Å². The van der Waals surface area contributed by atoms with Crippen molar-refractivity contribution in [2.75, 3.05) is 24.4 Å². The predicted molar refractivity (Wildman–Crippen MR) is 99.8 cm³/mol. The molecule has 3 rings (SSSR count). The first kappa shape index (κ1) is 20.5. The van der Waals surface area contributed by atoms with E-state index in [2.05, 4.69) is 21.3 Å². The second kappa shape index (κ2) is 8.00. The normalized spacial score (nSPS) is 18.2. The monoisotopic (exact) mass is 414 g/mol. The van der Waals surface area contributed by atoms with Gasteiger partial charge in [0.25, 0.3) is 10.0 Å². The van der Waals surface area contributed by atoms with Gasteiger partial charge in [-0.3, -0.25) is 4.72 Å². The summed E-state index contributed by atoms with van der Waals surface area (Å²) in [6, 6.07) is 11.3. The highest BCUT2D eigenvalue weighted by molar-refractivity contribution is 7.92. The van der Waals surface area contributed by atoms with Crippen LogP contribution in [0.25, 0.3) is 0 Å². The number of anilines is 1. The summed E-state index contributed by atoms with van der Waals surface area (Å²) in [4.78, 5) is 2.22. The van der Waals surface area contributed by atoms with Crippen molar-refractivity contribution in [1.82, 2.24) is 4.90 Å². The van der Waals surface area contributed by atoms with Gasteiger partial charge < -0.3 is 9.64 Å². The summed E-state index contributed by atoms with van der Waals surface area (Å²) in [6.07, 6.45) is -3.75. The van der Waals surface area contributed by atoms with Gasteiger partial charge in [-0.1, -0.05) is 19.1 Å². The van der Waals surface area contributed by atoms with Crippen LogP contribution >= 0.6 is 0 Å². The molecule has 0 amide bonds. The minimum atomic E-state index is -4.83. The highest BCUT2D eigenvalue weighted by Crippen LogP contribution is 2.29. The summed E-state index contributed by atoms with van der Waals surface area (Å²) < 4.78 is 67.6. The molecule has 5 nitrogen and oxygen atoms in total. The number of nitrogens with one attached hydrogen (secondary N) is 1. The van der Waals surface area contributed by atoms with E-state index < -0.39 is 22.1 Å². The first-order valence-electron chi connectivity index (χ1n) is 8.87. The Balaban J connectivity index is 1.67. The number of hydrogen-bond acceptors (Lipinski definition) is 4. The van der Waals surface area contributed by atoms with Crippen molar-refractivity contribution in [3.8, 4) is 5.75 Å². The van der Waals surface area contributed by atoms with Gasteiger partial charge in [0.2, 0.25) is 0 Å². The highest BCUT2D eigenvalue weighted by atomic mass is 32.2. The number of nitrogens with zero attached hydrogens (tertiary/aromatic N) is 1. The van der Waals surface area contributed by atoms with Crippen LogP contribution in [0.2, 0.25) is 0 Å². The molecule has 0 saturated carbocycles. The van der Waals surface area contributed by atoms with Gasteiger partial charge in [-0.15, -0.1) is 13.2 Å². The topological polar surface area (TPSA) is 58.6 Å². The third-order valence-electron chi connectivity index (χ3n) is 4.72. The molecule has 9 heteroatoms. The summed E-state index contributed by atoms with van der Waals surface area (Å²) in [5, 5.41) is 0. The van der Waals surface area contributed by atoms with Crippen LogP contribution in [-0.2, 0) is 10.0 Å². The van der Waals surface area contributed by atoms with Crippen molar-refractivity contribution in [3.05, 3.63) is 54.1 Å². The molecule has 1 saturated heterocycles. The Bertz CT molecular complexity index is 898. The number of ether oxygens (including phenoxy) is 1. The number of likely N-dealkylation sites (tertiary alicyclic amines) is 1. The van der Waals surface area contributed by atoms with Crippen molar-refractivity contribution in [3.63, 3.8) is 0 Å². The average Bonchev–Trinajstić information content (AvgIpc) is 3.10. The molecule has 1 atom stereocenters. The van der Waals surface area contributed by atoms with E-state index in [0.29, 0.717) is 11.6 Å². The van der Waals surface area contributed by atoms with Gasteiger partial charge in [0.1, 0.15) is 5.75 Å². The maximum Gasteiger partial charge on any atom is 0.573 e. The number of hydrogen-bond donors (Lipinski definition) is 1. The molecule has 2 aromatic carbocycles. The van der Waals surface area contributed by atoms with Crippen LogP contribution in [0.4, 0.5) is 18.9 Å². The summed E-state index contributed by atoms with van der Waals surface area (Å²) in [7, 11) is -3.91. The SMILES string of the molecule is CCN1CCC(c2ccc(NS(=O)(=O)c3ccc(OC(F)(F)F)cc3)cc2)C1. The zero-order valence-corrected chi connectivity index (χ0v) is 16.1. The molecule has 0 bridgehead atoms. The van der Waals surface area contributed by atoms with Gasteiger partial charge in [0.15, 0.2) is 0 Å². The lowest BCUT2D eigenvalue weighted by atomic mass is 9.98. The van der Waals surface area contributed by atoms with Gasteiger partial charge in [0, 0.05) is 12.2 Å². The fraction of sp³-hybridized carbons (Fsp3) is 0.368. The molecule has 1 N–H and O–H groups in total. The van der Waals surface area contributed by atoms with Crippen molar-refractivity contribution >= 4 is 15.7 Å². The number of likely N-dealkylation sites (N-methyl/N-ethyl adjacent to an activating group) is 1. The molecule has 0 radical (unpaired) electrons. The quantitative estimate of drug-likeness (QED) is 0.770. The van der Waals surface area contributed by atoms with Crippen molar-refractivity contribution in [1.29, 1.82) is 0 Å². The third-order valence-corrected chi connectivity index (χ3v) is 6.12. The minimum absolute atomic E-state index is 0.152. The Labute approximate surface area is 162 Å². The van der Waals surface area contributed by atoms with E-state index in [1.54, 1.807) is 12.1 Å². The molecule has 1 unspecified atom stereocenters. The molecular formula is C19H21F3N2O3S. The van der Waals surface area contributed by atoms with Crippen LogP contribution in [0.15, 0.2) is 53.4 Å². The van der Waals surface area contributed by atoms with E-state index in [1.807, 2.05) is 12.1 Å². The van der Waals surface area contributed by atoms with Gasteiger partial charge >= 0.3 is 6.36 Å². The van der Waals surface area contributed by atoms with E-state index in [0.717, 1.165) is 55.9 Å². The zero-order chi connectivity index (χ0) is 20.4. The van der Waals surface area contributed by atoms with Crippen LogP contribution in [0.3, 0.4) is 0 Å². The standard InChI is InChI=1S/C19H21F3N2O3S/c1-2-24-12-11-15(13-24)14-3-5-16(6-4-14)23-28(25,26)18-9-7-17(8-10-18)27-19(20,21)22/h3-10,15,23H,2,11-13H2,1H3. The number of halogens is 3. The van der Waals surface area contributed by atoms with Crippen LogP contribution in [0, 0.1) is 0 Å². The Morgan fingerprint density at radius 2 is 1.75 bits per heavy atom. The van der Waals surface area contributed by atoms with E-state index in [1.165, 1.54) is 0 Å². The van der Waals surface area contributed by atoms with Gasteiger partial charge in [0.05, 0.1) is 4.90 Å². The van der Waals surface area contributed by atoms with Gasteiger partial charge in [-0.05, 0) is 67.4 Å². The Kier molecular flexibility index (Phi) is 5.85. The van der Waals surface area contributed by atoms with Crippen molar-refractivity contribution in [2.24, 2.45) is 0 Å². The number of rotatable bonds is 6. The van der Waals surface area contributed by atoms with Crippen LogP contribution in [-0.4, -0.2) is 39.3 Å².